The van der Waals surface area contributed by atoms with E-state index in [0.29, 0.717) is 5.52 Å². The molecule has 108 valence electrons. The van der Waals surface area contributed by atoms with Gasteiger partial charge in [0.2, 0.25) is 5.88 Å². The van der Waals surface area contributed by atoms with E-state index in [-0.39, 0.29) is 11.4 Å². The Morgan fingerprint density at radius 2 is 2.00 bits per heavy atom. The van der Waals surface area contributed by atoms with Gasteiger partial charge in [-0.05, 0) is 32.0 Å². The van der Waals surface area contributed by atoms with Gasteiger partial charge >= 0.3 is 12.6 Å². The highest BCUT2D eigenvalue weighted by Gasteiger charge is 2.27. The highest BCUT2D eigenvalue weighted by atomic mass is 19.3. The molecule has 2 rings (SSSR count). The fraction of sp³-hybridized carbons (Fsp3) is 0.308. The number of ether oxygens (including phenoxy) is 1. The maximum absolute atomic E-state index is 13.3. The Hall–Kier alpha value is -2.18. The molecule has 0 aliphatic carbocycles. The van der Waals surface area contributed by atoms with E-state index in [1.807, 2.05) is 0 Å². The van der Waals surface area contributed by atoms with Gasteiger partial charge in [-0.15, -0.1) is 0 Å². The number of alkyl halides is 2. The van der Waals surface area contributed by atoms with Gasteiger partial charge in [-0.2, -0.15) is 8.78 Å². The molecule has 0 bridgehead atoms. The van der Waals surface area contributed by atoms with Gasteiger partial charge in [-0.1, -0.05) is 0 Å². The molecule has 1 N–H and O–H groups in total. The summed E-state index contributed by atoms with van der Waals surface area (Å²) in [5, 5.41) is 9.23. The van der Waals surface area contributed by atoms with E-state index in [4.69, 9.17) is 0 Å². The highest BCUT2D eigenvalue weighted by Crippen LogP contribution is 2.36. The molecule has 0 amide bonds. The number of aromatic nitrogens is 1. The predicted molar refractivity (Wildman–Crippen MR) is 65.9 cm³/mol. The van der Waals surface area contributed by atoms with Gasteiger partial charge < -0.3 is 14.4 Å². The number of carboxylic acids is 1. The van der Waals surface area contributed by atoms with Gasteiger partial charge in [0.15, 0.2) is 0 Å². The van der Waals surface area contributed by atoms with Crippen molar-refractivity contribution in [3.63, 3.8) is 0 Å². The van der Waals surface area contributed by atoms with Crippen molar-refractivity contribution in [2.75, 3.05) is 0 Å². The number of fused-ring (bicyclic) bond motifs is 1. The van der Waals surface area contributed by atoms with Crippen LogP contribution in [0.3, 0.4) is 0 Å². The number of halogens is 3. The summed E-state index contributed by atoms with van der Waals surface area (Å²) < 4.78 is 44.0. The van der Waals surface area contributed by atoms with Crippen molar-refractivity contribution < 1.29 is 27.8 Å². The van der Waals surface area contributed by atoms with Crippen LogP contribution in [0.4, 0.5) is 13.2 Å². The van der Waals surface area contributed by atoms with Crippen molar-refractivity contribution in [1.29, 1.82) is 0 Å². The molecule has 20 heavy (non-hydrogen) atoms. The molecule has 0 aliphatic heterocycles. The topological polar surface area (TPSA) is 51.5 Å². The first-order valence-corrected chi connectivity index (χ1v) is 5.84. The highest BCUT2D eigenvalue weighted by molar-refractivity contribution is 6.06. The molecular weight excluding hydrogens is 275 g/mol. The Morgan fingerprint density at radius 1 is 1.35 bits per heavy atom. The lowest BCUT2D eigenvalue weighted by Gasteiger charge is -2.15. The monoisotopic (exact) mass is 287 g/mol. The average Bonchev–Trinajstić information content (AvgIpc) is 2.60. The largest absolute Gasteiger partial charge is 0.477 e. The van der Waals surface area contributed by atoms with Crippen LogP contribution in [0.5, 0.6) is 5.88 Å². The SMILES string of the molecule is CC(C)n1c(OC(F)F)c(C(=O)O)c2cc(F)ccc21. The molecule has 0 unspecified atom stereocenters. The van der Waals surface area contributed by atoms with E-state index in [1.54, 1.807) is 13.8 Å². The number of benzene rings is 1. The maximum atomic E-state index is 13.3. The molecule has 1 heterocycles. The minimum atomic E-state index is -3.17. The van der Waals surface area contributed by atoms with E-state index in [2.05, 4.69) is 4.74 Å². The average molecular weight is 287 g/mol. The zero-order valence-corrected chi connectivity index (χ0v) is 10.7. The number of carboxylic acid groups (broad SMARTS) is 1. The molecule has 7 heteroatoms. The second-order valence-corrected chi connectivity index (χ2v) is 4.49. The Bertz CT molecular complexity index is 664. The minimum absolute atomic E-state index is 0.0295. The third-order valence-electron chi connectivity index (χ3n) is 2.85. The molecule has 0 fully saturated rings. The van der Waals surface area contributed by atoms with E-state index >= 15 is 0 Å². The zero-order valence-electron chi connectivity index (χ0n) is 10.7. The predicted octanol–water partition coefficient (Wildman–Crippen LogP) is 3.66. The summed E-state index contributed by atoms with van der Waals surface area (Å²) in [6.45, 7) is 0.208. The summed E-state index contributed by atoms with van der Waals surface area (Å²) in [5.74, 6) is -2.57. The normalized spacial score (nSPS) is 11.6. The number of rotatable bonds is 4. The summed E-state index contributed by atoms with van der Waals surface area (Å²) in [7, 11) is 0. The summed E-state index contributed by atoms with van der Waals surface area (Å²) in [4.78, 5) is 11.3. The second kappa shape index (κ2) is 5.07. The molecule has 2 aromatic rings. The van der Waals surface area contributed by atoms with Crippen LogP contribution in [0.25, 0.3) is 10.9 Å². The quantitative estimate of drug-likeness (QED) is 0.933. The van der Waals surface area contributed by atoms with Crippen molar-refractivity contribution in [1.82, 2.24) is 4.57 Å². The number of nitrogens with zero attached hydrogens (tertiary/aromatic N) is 1. The molecule has 0 saturated carbocycles. The fourth-order valence-corrected chi connectivity index (χ4v) is 2.18. The van der Waals surface area contributed by atoms with Crippen LogP contribution in [0.1, 0.15) is 30.2 Å². The van der Waals surface area contributed by atoms with Crippen LogP contribution in [0, 0.1) is 5.82 Å². The lowest BCUT2D eigenvalue weighted by atomic mass is 10.1. The maximum Gasteiger partial charge on any atom is 0.388 e. The first kappa shape index (κ1) is 14.2. The van der Waals surface area contributed by atoms with Crippen LogP contribution in [0.2, 0.25) is 0 Å². The number of hydrogen-bond acceptors (Lipinski definition) is 2. The molecule has 1 aromatic carbocycles. The van der Waals surface area contributed by atoms with Gasteiger partial charge in [0.1, 0.15) is 11.4 Å². The van der Waals surface area contributed by atoms with Crippen molar-refractivity contribution in [3.05, 3.63) is 29.6 Å². The van der Waals surface area contributed by atoms with E-state index in [1.165, 1.54) is 10.6 Å². The van der Waals surface area contributed by atoms with E-state index in [9.17, 15) is 23.1 Å². The van der Waals surface area contributed by atoms with Gasteiger partial charge in [-0.3, -0.25) is 0 Å². The first-order valence-electron chi connectivity index (χ1n) is 5.84. The number of aromatic carboxylic acids is 1. The van der Waals surface area contributed by atoms with Gasteiger partial charge in [0, 0.05) is 11.4 Å². The lowest BCUT2D eigenvalue weighted by Crippen LogP contribution is -2.12. The van der Waals surface area contributed by atoms with Crippen LogP contribution in [-0.4, -0.2) is 22.3 Å². The Balaban J connectivity index is 2.87. The first-order chi connectivity index (χ1) is 9.32. The van der Waals surface area contributed by atoms with Crippen LogP contribution in [-0.2, 0) is 0 Å². The van der Waals surface area contributed by atoms with Gasteiger partial charge in [-0.25, -0.2) is 9.18 Å². The Morgan fingerprint density at radius 3 is 2.50 bits per heavy atom. The number of carbonyl (C=O) groups is 1. The van der Waals surface area contributed by atoms with Crippen LogP contribution in [0.15, 0.2) is 18.2 Å². The lowest BCUT2D eigenvalue weighted by molar-refractivity contribution is -0.0557. The molecule has 0 aliphatic rings. The van der Waals surface area contributed by atoms with Crippen molar-refractivity contribution in [3.8, 4) is 5.88 Å². The molecule has 0 saturated heterocycles. The summed E-state index contributed by atoms with van der Waals surface area (Å²) in [5.41, 5.74) is -0.136. The molecule has 1 aromatic heterocycles. The molecular formula is C13H12F3NO3. The van der Waals surface area contributed by atoms with Crippen molar-refractivity contribution in [2.45, 2.75) is 26.5 Å². The summed E-state index contributed by atoms with van der Waals surface area (Å²) >= 11 is 0. The standard InChI is InChI=1S/C13H12F3NO3/c1-6(2)17-9-4-3-7(14)5-8(9)10(12(18)19)11(17)20-13(15)16/h3-6,13H,1-2H3,(H,18,19). The molecule has 0 atom stereocenters. The second-order valence-electron chi connectivity index (χ2n) is 4.49. The van der Waals surface area contributed by atoms with Crippen molar-refractivity contribution in [2.24, 2.45) is 0 Å². The fourth-order valence-electron chi connectivity index (χ4n) is 2.18. The van der Waals surface area contributed by atoms with E-state index in [0.717, 1.165) is 12.1 Å². The third-order valence-corrected chi connectivity index (χ3v) is 2.85. The Labute approximate surface area is 112 Å². The van der Waals surface area contributed by atoms with Gasteiger partial charge in [0.25, 0.3) is 0 Å². The molecule has 4 nitrogen and oxygen atoms in total. The number of hydrogen-bond donors (Lipinski definition) is 1. The van der Waals surface area contributed by atoms with Gasteiger partial charge in [0.05, 0.1) is 5.52 Å². The molecule has 0 radical (unpaired) electrons. The zero-order chi connectivity index (χ0) is 15.0. The Kier molecular flexibility index (Phi) is 3.61. The van der Waals surface area contributed by atoms with Crippen LogP contribution < -0.4 is 4.74 Å². The van der Waals surface area contributed by atoms with Crippen molar-refractivity contribution >= 4 is 16.9 Å². The van der Waals surface area contributed by atoms with E-state index < -0.39 is 29.8 Å². The molecule has 0 spiro atoms. The summed E-state index contributed by atoms with van der Waals surface area (Å²) in [6, 6.07) is 3.15. The minimum Gasteiger partial charge on any atom is -0.477 e. The smallest absolute Gasteiger partial charge is 0.388 e. The summed E-state index contributed by atoms with van der Waals surface area (Å²) in [6.07, 6.45) is 0. The third kappa shape index (κ3) is 2.31. The van der Waals surface area contributed by atoms with Crippen LogP contribution >= 0.6 is 0 Å².